The van der Waals surface area contributed by atoms with Gasteiger partial charge in [-0.15, -0.1) is 0 Å². The first-order valence-electron chi connectivity index (χ1n) is 5.05. The molecular weight excluding hydrogens is 254 g/mol. The number of hydrogen-bond donors (Lipinski definition) is 2. The Kier molecular flexibility index (Phi) is 4.28. The highest BCUT2D eigenvalue weighted by Crippen LogP contribution is 2.33. The van der Waals surface area contributed by atoms with Crippen molar-refractivity contribution in [3.63, 3.8) is 0 Å². The number of amides is 1. The predicted molar refractivity (Wildman–Crippen MR) is 54.8 cm³/mol. The van der Waals surface area contributed by atoms with E-state index in [9.17, 15) is 27.5 Å². The van der Waals surface area contributed by atoms with Crippen molar-refractivity contribution in [2.24, 2.45) is 5.73 Å². The van der Waals surface area contributed by atoms with Gasteiger partial charge in [0.05, 0.1) is 11.7 Å². The van der Waals surface area contributed by atoms with Crippen molar-refractivity contribution >= 4 is 5.91 Å². The monoisotopic (exact) mass is 265 g/mol. The highest BCUT2D eigenvalue weighted by molar-refractivity contribution is 5.73. The van der Waals surface area contributed by atoms with E-state index in [2.05, 4.69) is 0 Å². The Morgan fingerprint density at radius 2 is 2.00 bits per heavy atom. The summed E-state index contributed by atoms with van der Waals surface area (Å²) < 4.78 is 50.2. The average Bonchev–Trinajstić information content (AvgIpc) is 2.24. The van der Waals surface area contributed by atoms with Crippen molar-refractivity contribution in [3.05, 3.63) is 35.1 Å². The topological polar surface area (TPSA) is 63.3 Å². The Morgan fingerprint density at radius 1 is 1.39 bits per heavy atom. The van der Waals surface area contributed by atoms with E-state index in [1.54, 1.807) is 0 Å². The van der Waals surface area contributed by atoms with Gasteiger partial charge >= 0.3 is 6.18 Å². The van der Waals surface area contributed by atoms with Crippen LogP contribution in [0.5, 0.6) is 0 Å². The Balaban J connectivity index is 2.94. The van der Waals surface area contributed by atoms with E-state index in [-0.39, 0.29) is 18.4 Å². The molecule has 18 heavy (non-hydrogen) atoms. The third-order valence-corrected chi connectivity index (χ3v) is 2.34. The van der Waals surface area contributed by atoms with Gasteiger partial charge in [-0.05, 0) is 24.1 Å². The Hall–Kier alpha value is -1.63. The molecule has 0 fully saturated rings. The van der Waals surface area contributed by atoms with Gasteiger partial charge in [-0.2, -0.15) is 13.2 Å². The highest BCUT2D eigenvalue weighted by Gasteiger charge is 2.34. The van der Waals surface area contributed by atoms with Crippen LogP contribution in [0.1, 0.15) is 30.1 Å². The second-order valence-corrected chi connectivity index (χ2v) is 3.76. The van der Waals surface area contributed by atoms with Crippen LogP contribution < -0.4 is 5.73 Å². The van der Waals surface area contributed by atoms with E-state index in [4.69, 9.17) is 5.73 Å². The van der Waals surface area contributed by atoms with E-state index in [1.165, 1.54) is 0 Å². The minimum atomic E-state index is -4.83. The standard InChI is InChI=1S/C11H11F4NO2/c12-8-2-1-6(5-7(8)11(13,14)15)9(17)3-4-10(16)18/h1-2,5,9,17H,3-4H2,(H2,16,18)/t9-/m1/s1. The van der Waals surface area contributed by atoms with Gasteiger partial charge in [0.15, 0.2) is 0 Å². The molecular formula is C11H11F4NO2. The van der Waals surface area contributed by atoms with Crippen LogP contribution in [0.4, 0.5) is 17.6 Å². The number of benzene rings is 1. The molecule has 0 saturated heterocycles. The van der Waals surface area contributed by atoms with E-state index < -0.39 is 29.6 Å². The lowest BCUT2D eigenvalue weighted by Gasteiger charge is -2.13. The number of aliphatic hydroxyl groups is 1. The van der Waals surface area contributed by atoms with Crippen molar-refractivity contribution in [2.75, 3.05) is 0 Å². The molecule has 0 aliphatic rings. The molecule has 0 radical (unpaired) electrons. The van der Waals surface area contributed by atoms with E-state index in [1.807, 2.05) is 0 Å². The number of nitrogens with two attached hydrogens (primary N) is 1. The highest BCUT2D eigenvalue weighted by atomic mass is 19.4. The summed E-state index contributed by atoms with van der Waals surface area (Å²) in [5.41, 5.74) is 3.30. The fourth-order valence-corrected chi connectivity index (χ4v) is 1.41. The molecule has 0 bridgehead atoms. The molecule has 0 unspecified atom stereocenters. The number of hydrogen-bond acceptors (Lipinski definition) is 2. The summed E-state index contributed by atoms with van der Waals surface area (Å²) in [5.74, 6) is -2.08. The minimum Gasteiger partial charge on any atom is -0.388 e. The second kappa shape index (κ2) is 5.34. The van der Waals surface area contributed by atoms with Crippen molar-refractivity contribution in [3.8, 4) is 0 Å². The van der Waals surface area contributed by atoms with Crippen molar-refractivity contribution in [2.45, 2.75) is 25.1 Å². The lowest BCUT2D eigenvalue weighted by Crippen LogP contribution is -2.13. The van der Waals surface area contributed by atoms with Crippen LogP contribution in [0.3, 0.4) is 0 Å². The lowest BCUT2D eigenvalue weighted by molar-refractivity contribution is -0.140. The molecule has 1 amide bonds. The fourth-order valence-electron chi connectivity index (χ4n) is 1.41. The quantitative estimate of drug-likeness (QED) is 0.819. The zero-order valence-electron chi connectivity index (χ0n) is 9.17. The number of alkyl halides is 3. The molecule has 0 aliphatic carbocycles. The van der Waals surface area contributed by atoms with E-state index in [0.717, 1.165) is 6.07 Å². The summed E-state index contributed by atoms with van der Waals surface area (Å²) >= 11 is 0. The summed E-state index contributed by atoms with van der Waals surface area (Å²) in [6.45, 7) is 0. The normalized spacial score (nSPS) is 13.4. The molecule has 0 spiro atoms. The fraction of sp³-hybridized carbons (Fsp3) is 0.364. The largest absolute Gasteiger partial charge is 0.419 e. The molecule has 0 saturated carbocycles. The molecule has 0 heterocycles. The Morgan fingerprint density at radius 3 is 2.50 bits per heavy atom. The summed E-state index contributed by atoms with van der Waals surface area (Å²) in [6.07, 6.45) is -6.40. The Labute approximate surface area is 100 Å². The van der Waals surface area contributed by atoms with Crippen LogP contribution in [0.15, 0.2) is 18.2 Å². The number of halogens is 4. The van der Waals surface area contributed by atoms with Crippen LogP contribution in [-0.4, -0.2) is 11.0 Å². The minimum absolute atomic E-state index is 0.107. The first-order valence-corrected chi connectivity index (χ1v) is 5.05. The molecule has 3 N–H and O–H groups in total. The molecule has 1 rings (SSSR count). The molecule has 3 nitrogen and oxygen atoms in total. The van der Waals surface area contributed by atoms with Crippen LogP contribution >= 0.6 is 0 Å². The molecule has 1 atom stereocenters. The van der Waals surface area contributed by atoms with Gasteiger partial charge < -0.3 is 10.8 Å². The average molecular weight is 265 g/mol. The third kappa shape index (κ3) is 3.69. The number of aliphatic hydroxyl groups excluding tert-OH is 1. The first kappa shape index (κ1) is 14.4. The van der Waals surface area contributed by atoms with Crippen LogP contribution in [0, 0.1) is 5.82 Å². The maximum atomic E-state index is 13.0. The number of primary amides is 1. The maximum Gasteiger partial charge on any atom is 0.419 e. The van der Waals surface area contributed by atoms with E-state index >= 15 is 0 Å². The van der Waals surface area contributed by atoms with E-state index in [0.29, 0.717) is 12.1 Å². The molecule has 1 aromatic carbocycles. The van der Waals surface area contributed by atoms with Crippen molar-refractivity contribution < 1.29 is 27.5 Å². The number of carbonyl (C=O) groups is 1. The molecule has 0 aliphatic heterocycles. The number of rotatable bonds is 4. The van der Waals surface area contributed by atoms with Crippen molar-refractivity contribution in [1.29, 1.82) is 0 Å². The lowest BCUT2D eigenvalue weighted by atomic mass is 10.0. The van der Waals surface area contributed by atoms with Crippen LogP contribution in [-0.2, 0) is 11.0 Å². The zero-order chi connectivity index (χ0) is 13.9. The van der Waals surface area contributed by atoms with Gasteiger partial charge in [0.25, 0.3) is 0 Å². The SMILES string of the molecule is NC(=O)CC[C@@H](O)c1ccc(F)c(C(F)(F)F)c1. The summed E-state index contributed by atoms with van der Waals surface area (Å²) in [4.78, 5) is 10.5. The second-order valence-electron chi connectivity index (χ2n) is 3.76. The van der Waals surface area contributed by atoms with Gasteiger partial charge in [0.2, 0.25) is 5.91 Å². The van der Waals surface area contributed by atoms with Gasteiger partial charge in [0.1, 0.15) is 5.82 Å². The summed E-state index contributed by atoms with van der Waals surface area (Å²) in [5, 5.41) is 9.55. The smallest absolute Gasteiger partial charge is 0.388 e. The predicted octanol–water partition coefficient (Wildman–Crippen LogP) is 2.14. The van der Waals surface area contributed by atoms with Gasteiger partial charge in [0, 0.05) is 6.42 Å². The van der Waals surface area contributed by atoms with Gasteiger partial charge in [-0.25, -0.2) is 4.39 Å². The summed E-state index contributed by atoms with van der Waals surface area (Å²) in [7, 11) is 0. The Bertz CT molecular complexity index is 445. The third-order valence-electron chi connectivity index (χ3n) is 2.34. The molecule has 7 heteroatoms. The zero-order valence-corrected chi connectivity index (χ0v) is 9.17. The van der Waals surface area contributed by atoms with Crippen LogP contribution in [0.2, 0.25) is 0 Å². The summed E-state index contributed by atoms with van der Waals surface area (Å²) in [6, 6.07) is 2.20. The molecule has 0 aromatic heterocycles. The van der Waals surface area contributed by atoms with Crippen LogP contribution in [0.25, 0.3) is 0 Å². The molecule has 100 valence electrons. The van der Waals surface area contributed by atoms with Gasteiger partial charge in [-0.1, -0.05) is 6.07 Å². The van der Waals surface area contributed by atoms with Gasteiger partial charge in [-0.3, -0.25) is 4.79 Å². The number of carbonyl (C=O) groups excluding carboxylic acids is 1. The maximum absolute atomic E-state index is 13.0. The first-order chi connectivity index (χ1) is 8.21. The molecule has 1 aromatic rings. The van der Waals surface area contributed by atoms with Crippen molar-refractivity contribution in [1.82, 2.24) is 0 Å².